The molecule has 2 heterocycles. The van der Waals surface area contributed by atoms with Gasteiger partial charge in [-0.25, -0.2) is 4.98 Å². The summed E-state index contributed by atoms with van der Waals surface area (Å²) in [5.41, 5.74) is -0.202. The Morgan fingerprint density at radius 2 is 1.94 bits per heavy atom. The van der Waals surface area contributed by atoms with Crippen LogP contribution in [-0.2, 0) is 15.8 Å². The van der Waals surface area contributed by atoms with Gasteiger partial charge < -0.3 is 19.9 Å². The summed E-state index contributed by atoms with van der Waals surface area (Å²) in [6.45, 7) is 2.43. The van der Waals surface area contributed by atoms with Gasteiger partial charge in [-0.05, 0) is 30.7 Å². The average molecular weight is 480 g/mol. The van der Waals surface area contributed by atoms with Gasteiger partial charge in [-0.3, -0.25) is 14.5 Å². The number of rotatable bonds is 7. The van der Waals surface area contributed by atoms with Crippen molar-refractivity contribution in [3.63, 3.8) is 0 Å². The van der Waals surface area contributed by atoms with Crippen LogP contribution in [0, 0.1) is 0 Å². The van der Waals surface area contributed by atoms with Crippen LogP contribution in [0.2, 0.25) is 0 Å². The van der Waals surface area contributed by atoms with Gasteiger partial charge in [0.1, 0.15) is 11.6 Å². The molecule has 0 atom stereocenters. The third-order valence-corrected chi connectivity index (χ3v) is 5.51. The zero-order valence-electron chi connectivity index (χ0n) is 19.1. The fraction of sp³-hybridized carbons (Fsp3) is 0.435. The van der Waals surface area contributed by atoms with E-state index >= 15 is 0 Å². The summed E-state index contributed by atoms with van der Waals surface area (Å²) >= 11 is 0. The second kappa shape index (κ2) is 11.2. The SMILES string of the molecule is COc1cccc(NC(=O)CN(C)C(=O)CN2CCCN(c3ccc(C(F)(F)F)cn3)CC2)c1. The standard InChI is InChI=1S/C23H28F3N5O3/c1-29(15-21(32)28-18-5-3-6-19(13-18)34-2)22(33)16-30-9-4-10-31(12-11-30)20-8-7-17(14-27-20)23(24,25)26/h3,5-8,13-14H,4,9-12,15-16H2,1-2H3,(H,28,32). The van der Waals surface area contributed by atoms with Crippen molar-refractivity contribution in [3.8, 4) is 5.75 Å². The second-order valence-electron chi connectivity index (χ2n) is 8.05. The molecule has 1 aromatic carbocycles. The number of amides is 2. The molecule has 0 spiro atoms. The predicted molar refractivity (Wildman–Crippen MR) is 122 cm³/mol. The number of pyridine rings is 1. The third-order valence-electron chi connectivity index (χ3n) is 5.51. The van der Waals surface area contributed by atoms with Gasteiger partial charge >= 0.3 is 6.18 Å². The number of ether oxygens (including phenoxy) is 1. The monoisotopic (exact) mass is 479 g/mol. The quantitative estimate of drug-likeness (QED) is 0.658. The van der Waals surface area contributed by atoms with E-state index in [2.05, 4.69) is 10.3 Å². The van der Waals surface area contributed by atoms with Gasteiger partial charge in [0.2, 0.25) is 11.8 Å². The van der Waals surface area contributed by atoms with Gasteiger partial charge in [-0.15, -0.1) is 0 Å². The predicted octanol–water partition coefficient (Wildman–Crippen LogP) is 2.72. The molecule has 184 valence electrons. The van der Waals surface area contributed by atoms with Crippen molar-refractivity contribution in [1.82, 2.24) is 14.8 Å². The van der Waals surface area contributed by atoms with Gasteiger partial charge in [0.15, 0.2) is 0 Å². The number of hydrogen-bond donors (Lipinski definition) is 1. The molecular formula is C23H28F3N5O3. The zero-order valence-corrected chi connectivity index (χ0v) is 19.1. The number of carbonyl (C=O) groups is 2. The van der Waals surface area contributed by atoms with Crippen LogP contribution in [0.15, 0.2) is 42.6 Å². The molecular weight excluding hydrogens is 451 g/mol. The van der Waals surface area contributed by atoms with Crippen molar-refractivity contribution < 1.29 is 27.5 Å². The topological polar surface area (TPSA) is 78.0 Å². The van der Waals surface area contributed by atoms with Gasteiger partial charge in [0, 0.05) is 51.2 Å². The van der Waals surface area contributed by atoms with Crippen LogP contribution in [0.1, 0.15) is 12.0 Å². The fourth-order valence-corrected chi connectivity index (χ4v) is 3.62. The molecule has 1 saturated heterocycles. The number of hydrogen-bond acceptors (Lipinski definition) is 6. The van der Waals surface area contributed by atoms with E-state index in [1.165, 1.54) is 18.1 Å². The van der Waals surface area contributed by atoms with E-state index in [0.717, 1.165) is 18.7 Å². The highest BCUT2D eigenvalue weighted by atomic mass is 19.4. The summed E-state index contributed by atoms with van der Waals surface area (Å²) in [6.07, 6.45) is -2.85. The Morgan fingerprint density at radius 3 is 2.62 bits per heavy atom. The molecule has 2 amide bonds. The molecule has 0 aliphatic carbocycles. The number of alkyl halides is 3. The van der Waals surface area contributed by atoms with Gasteiger partial charge in [-0.2, -0.15) is 13.2 Å². The Kier molecular flexibility index (Phi) is 8.32. The number of nitrogens with one attached hydrogen (secondary N) is 1. The van der Waals surface area contributed by atoms with E-state index in [1.807, 2.05) is 9.80 Å². The highest BCUT2D eigenvalue weighted by molar-refractivity contribution is 5.94. The summed E-state index contributed by atoms with van der Waals surface area (Å²) in [7, 11) is 3.11. The molecule has 1 aliphatic rings. The molecule has 34 heavy (non-hydrogen) atoms. The van der Waals surface area contributed by atoms with Crippen molar-refractivity contribution in [2.75, 3.05) is 63.6 Å². The Bertz CT molecular complexity index is 985. The van der Waals surface area contributed by atoms with Crippen LogP contribution in [0.4, 0.5) is 24.7 Å². The first-order valence-electron chi connectivity index (χ1n) is 10.8. The van der Waals surface area contributed by atoms with E-state index in [0.29, 0.717) is 43.4 Å². The molecule has 3 rings (SSSR count). The number of anilines is 2. The molecule has 8 nitrogen and oxygen atoms in total. The van der Waals surface area contributed by atoms with Gasteiger partial charge in [0.25, 0.3) is 0 Å². The highest BCUT2D eigenvalue weighted by Crippen LogP contribution is 2.29. The summed E-state index contributed by atoms with van der Waals surface area (Å²) in [4.78, 5) is 34.2. The van der Waals surface area contributed by atoms with Crippen LogP contribution in [-0.4, -0.2) is 80.0 Å². The first-order chi connectivity index (χ1) is 16.2. The second-order valence-corrected chi connectivity index (χ2v) is 8.05. The molecule has 1 N–H and O–H groups in total. The number of carbonyl (C=O) groups excluding carboxylic acids is 2. The maximum absolute atomic E-state index is 12.8. The lowest BCUT2D eigenvalue weighted by atomic mass is 10.2. The maximum Gasteiger partial charge on any atom is 0.417 e. The van der Waals surface area contributed by atoms with Crippen LogP contribution >= 0.6 is 0 Å². The molecule has 0 radical (unpaired) electrons. The molecule has 11 heteroatoms. The van der Waals surface area contributed by atoms with Crippen LogP contribution in [0.25, 0.3) is 0 Å². The summed E-state index contributed by atoms with van der Waals surface area (Å²) < 4.78 is 43.4. The van der Waals surface area contributed by atoms with E-state index in [1.54, 1.807) is 31.3 Å². The summed E-state index contributed by atoms with van der Waals surface area (Å²) in [5, 5.41) is 2.74. The van der Waals surface area contributed by atoms with Crippen LogP contribution in [0.3, 0.4) is 0 Å². The molecule has 1 fully saturated rings. The third kappa shape index (κ3) is 7.08. The van der Waals surface area contributed by atoms with Gasteiger partial charge in [0.05, 0.1) is 25.8 Å². The number of nitrogens with zero attached hydrogens (tertiary/aromatic N) is 4. The number of methoxy groups -OCH3 is 1. The maximum atomic E-state index is 12.8. The Labute approximate surface area is 196 Å². The lowest BCUT2D eigenvalue weighted by Crippen LogP contribution is -2.42. The molecule has 0 unspecified atom stereocenters. The molecule has 1 aliphatic heterocycles. The number of benzene rings is 1. The molecule has 1 aromatic heterocycles. The minimum Gasteiger partial charge on any atom is -0.497 e. The van der Waals surface area contributed by atoms with Crippen molar-refractivity contribution >= 4 is 23.3 Å². The number of aromatic nitrogens is 1. The largest absolute Gasteiger partial charge is 0.497 e. The van der Waals surface area contributed by atoms with E-state index in [-0.39, 0.29) is 24.9 Å². The lowest BCUT2D eigenvalue weighted by Gasteiger charge is -2.24. The first-order valence-corrected chi connectivity index (χ1v) is 10.8. The van der Waals surface area contributed by atoms with Crippen molar-refractivity contribution in [2.24, 2.45) is 0 Å². The number of halogens is 3. The number of likely N-dealkylation sites (N-methyl/N-ethyl adjacent to an activating group) is 1. The average Bonchev–Trinajstić information content (AvgIpc) is 3.04. The fourth-order valence-electron chi connectivity index (χ4n) is 3.62. The minimum atomic E-state index is -4.42. The first kappa shape index (κ1) is 25.3. The summed E-state index contributed by atoms with van der Waals surface area (Å²) in [5.74, 6) is 0.581. The van der Waals surface area contributed by atoms with E-state index in [4.69, 9.17) is 4.74 Å². The Balaban J connectivity index is 1.47. The van der Waals surface area contributed by atoms with E-state index < -0.39 is 11.7 Å². The highest BCUT2D eigenvalue weighted by Gasteiger charge is 2.31. The molecule has 0 saturated carbocycles. The molecule has 0 bridgehead atoms. The molecule has 2 aromatic rings. The Hall–Kier alpha value is -3.34. The lowest BCUT2D eigenvalue weighted by molar-refractivity contribution is -0.137. The Morgan fingerprint density at radius 1 is 1.15 bits per heavy atom. The normalized spacial score (nSPS) is 14.9. The minimum absolute atomic E-state index is 0.0918. The van der Waals surface area contributed by atoms with Crippen molar-refractivity contribution in [2.45, 2.75) is 12.6 Å². The van der Waals surface area contributed by atoms with Gasteiger partial charge in [-0.1, -0.05) is 6.07 Å². The van der Waals surface area contributed by atoms with Crippen molar-refractivity contribution in [3.05, 3.63) is 48.2 Å². The summed E-state index contributed by atoms with van der Waals surface area (Å²) in [6, 6.07) is 9.34. The van der Waals surface area contributed by atoms with E-state index in [9.17, 15) is 22.8 Å². The van der Waals surface area contributed by atoms with Crippen LogP contribution in [0.5, 0.6) is 5.75 Å². The zero-order chi connectivity index (χ0) is 24.7. The van der Waals surface area contributed by atoms with Crippen LogP contribution < -0.4 is 15.0 Å². The van der Waals surface area contributed by atoms with Crippen molar-refractivity contribution in [1.29, 1.82) is 0 Å². The smallest absolute Gasteiger partial charge is 0.417 e.